The van der Waals surface area contributed by atoms with Crippen molar-refractivity contribution in [3.8, 4) is 0 Å². The summed E-state index contributed by atoms with van der Waals surface area (Å²) in [5, 5.41) is 2.97. The minimum Gasteiger partial charge on any atom is -0.472 e. The fraction of sp³-hybridized carbons (Fsp3) is 0. The van der Waals surface area contributed by atoms with Gasteiger partial charge in [-0.1, -0.05) is 17.7 Å². The van der Waals surface area contributed by atoms with E-state index in [1.807, 2.05) is 0 Å². The Morgan fingerprint density at radius 2 is 2.09 bits per heavy atom. The van der Waals surface area contributed by atoms with Crippen LogP contribution in [0.1, 0.15) is 5.56 Å². The molecule has 3 rings (SSSR count). The van der Waals surface area contributed by atoms with Gasteiger partial charge in [0.15, 0.2) is 5.11 Å². The number of rotatable bonds is 2. The maximum Gasteiger partial charge on any atom is 0.270 e. The van der Waals surface area contributed by atoms with Crippen molar-refractivity contribution in [3.05, 3.63) is 59.0 Å². The second kappa shape index (κ2) is 5.75. The lowest BCUT2D eigenvalue weighted by Gasteiger charge is -2.28. The van der Waals surface area contributed by atoms with Gasteiger partial charge in [0.05, 0.1) is 18.2 Å². The molecule has 1 aromatic carbocycles. The lowest BCUT2D eigenvalue weighted by atomic mass is 10.1. The van der Waals surface area contributed by atoms with E-state index in [0.717, 1.165) is 0 Å². The third-order valence-corrected chi connectivity index (χ3v) is 3.54. The molecule has 0 spiro atoms. The lowest BCUT2D eigenvalue weighted by Crippen LogP contribution is -2.54. The molecule has 5 nitrogen and oxygen atoms in total. The zero-order chi connectivity index (χ0) is 15.7. The van der Waals surface area contributed by atoms with Crippen LogP contribution in [0.2, 0.25) is 5.02 Å². The van der Waals surface area contributed by atoms with Crippen molar-refractivity contribution >= 4 is 52.5 Å². The molecule has 110 valence electrons. The molecule has 0 atom stereocenters. The zero-order valence-corrected chi connectivity index (χ0v) is 12.6. The second-order valence-corrected chi connectivity index (χ2v) is 5.32. The number of benzene rings is 1. The lowest BCUT2D eigenvalue weighted by molar-refractivity contribution is -0.122. The molecule has 2 heterocycles. The number of amides is 2. The van der Waals surface area contributed by atoms with Gasteiger partial charge < -0.3 is 4.42 Å². The topological polar surface area (TPSA) is 62.6 Å². The summed E-state index contributed by atoms with van der Waals surface area (Å²) in [4.78, 5) is 25.9. The molecule has 2 amide bonds. The van der Waals surface area contributed by atoms with E-state index in [-0.39, 0.29) is 10.7 Å². The van der Waals surface area contributed by atoms with Crippen molar-refractivity contribution in [1.29, 1.82) is 0 Å². The standard InChI is InChI=1S/C15H9ClN2O3S/c16-10-2-1-3-11(7-10)18-14(20)12(13(19)17-15(18)22)6-9-4-5-21-8-9/h1-8H,(H,17,19,22)/b12-6-. The van der Waals surface area contributed by atoms with Gasteiger partial charge in [0.2, 0.25) is 0 Å². The van der Waals surface area contributed by atoms with Gasteiger partial charge in [-0.15, -0.1) is 0 Å². The van der Waals surface area contributed by atoms with E-state index in [2.05, 4.69) is 5.32 Å². The van der Waals surface area contributed by atoms with Gasteiger partial charge in [0, 0.05) is 10.6 Å². The number of halogens is 1. The van der Waals surface area contributed by atoms with Gasteiger partial charge in [0.1, 0.15) is 5.57 Å². The molecule has 0 aliphatic carbocycles. The molecule has 1 aromatic heterocycles. The summed E-state index contributed by atoms with van der Waals surface area (Å²) in [7, 11) is 0. The third kappa shape index (κ3) is 2.66. The van der Waals surface area contributed by atoms with Crippen LogP contribution in [0.3, 0.4) is 0 Å². The molecule has 7 heteroatoms. The highest BCUT2D eigenvalue weighted by Crippen LogP contribution is 2.24. The molecular formula is C15H9ClN2O3S. The number of carbonyl (C=O) groups excluding carboxylic acids is 2. The monoisotopic (exact) mass is 332 g/mol. The minimum atomic E-state index is -0.547. The van der Waals surface area contributed by atoms with Gasteiger partial charge in [-0.3, -0.25) is 19.8 Å². The largest absolute Gasteiger partial charge is 0.472 e. The highest BCUT2D eigenvalue weighted by atomic mass is 35.5. The van der Waals surface area contributed by atoms with E-state index >= 15 is 0 Å². The highest BCUT2D eigenvalue weighted by molar-refractivity contribution is 7.80. The number of hydrogen-bond donors (Lipinski definition) is 1. The Morgan fingerprint density at radius 3 is 2.77 bits per heavy atom. The summed E-state index contributed by atoms with van der Waals surface area (Å²) in [5.41, 5.74) is 1.06. The molecule has 1 saturated heterocycles. The predicted molar refractivity (Wildman–Crippen MR) is 86.4 cm³/mol. The molecular weight excluding hydrogens is 324 g/mol. The smallest absolute Gasteiger partial charge is 0.270 e. The van der Waals surface area contributed by atoms with Gasteiger partial charge in [-0.05, 0) is 42.6 Å². The van der Waals surface area contributed by atoms with Crippen LogP contribution in [0.15, 0.2) is 52.8 Å². The number of furan rings is 1. The van der Waals surface area contributed by atoms with Crippen LogP contribution in [0.25, 0.3) is 6.08 Å². The Labute approximate surface area is 136 Å². The van der Waals surface area contributed by atoms with Crippen molar-refractivity contribution < 1.29 is 14.0 Å². The zero-order valence-electron chi connectivity index (χ0n) is 11.1. The average Bonchev–Trinajstić information content (AvgIpc) is 2.96. The third-order valence-electron chi connectivity index (χ3n) is 3.02. The van der Waals surface area contributed by atoms with Crippen molar-refractivity contribution in [3.63, 3.8) is 0 Å². The van der Waals surface area contributed by atoms with E-state index in [1.54, 1.807) is 30.3 Å². The minimum absolute atomic E-state index is 0.0154. The predicted octanol–water partition coefficient (Wildman–Crippen LogP) is 2.76. The summed E-state index contributed by atoms with van der Waals surface area (Å²) >= 11 is 11.0. The van der Waals surface area contributed by atoms with Crippen LogP contribution < -0.4 is 10.2 Å². The Bertz CT molecular complexity index is 799. The van der Waals surface area contributed by atoms with E-state index in [1.165, 1.54) is 23.5 Å². The first-order valence-electron chi connectivity index (χ1n) is 6.25. The molecule has 0 unspecified atom stereocenters. The molecule has 1 N–H and O–H groups in total. The van der Waals surface area contributed by atoms with Crippen LogP contribution in [-0.2, 0) is 9.59 Å². The molecule has 1 aliphatic rings. The number of thiocarbonyl (C=S) groups is 1. The van der Waals surface area contributed by atoms with E-state index in [0.29, 0.717) is 16.3 Å². The number of hydrogen-bond acceptors (Lipinski definition) is 4. The average molecular weight is 333 g/mol. The van der Waals surface area contributed by atoms with Crippen LogP contribution in [0.5, 0.6) is 0 Å². The summed E-state index contributed by atoms with van der Waals surface area (Å²) in [5.74, 6) is -1.06. The first-order valence-corrected chi connectivity index (χ1v) is 7.04. The molecule has 0 radical (unpaired) electrons. The summed E-state index contributed by atoms with van der Waals surface area (Å²) in [6.07, 6.45) is 4.33. The van der Waals surface area contributed by atoms with Gasteiger partial charge in [-0.2, -0.15) is 0 Å². The Kier molecular flexibility index (Phi) is 3.79. The fourth-order valence-electron chi connectivity index (χ4n) is 2.03. The van der Waals surface area contributed by atoms with Crippen molar-refractivity contribution in [2.24, 2.45) is 0 Å². The number of nitrogens with zero attached hydrogens (tertiary/aromatic N) is 1. The molecule has 2 aromatic rings. The summed E-state index contributed by atoms with van der Waals surface area (Å²) in [6.45, 7) is 0. The Morgan fingerprint density at radius 1 is 1.27 bits per heavy atom. The van der Waals surface area contributed by atoms with Gasteiger partial charge in [-0.25, -0.2) is 0 Å². The van der Waals surface area contributed by atoms with Crippen molar-refractivity contribution in [2.75, 3.05) is 4.90 Å². The van der Waals surface area contributed by atoms with E-state index in [4.69, 9.17) is 28.2 Å². The second-order valence-electron chi connectivity index (χ2n) is 4.49. The van der Waals surface area contributed by atoms with Gasteiger partial charge >= 0.3 is 0 Å². The molecule has 1 aliphatic heterocycles. The van der Waals surface area contributed by atoms with E-state index < -0.39 is 11.8 Å². The number of carbonyl (C=O) groups is 2. The van der Waals surface area contributed by atoms with Crippen molar-refractivity contribution in [2.45, 2.75) is 0 Å². The van der Waals surface area contributed by atoms with Crippen LogP contribution in [0.4, 0.5) is 5.69 Å². The number of nitrogens with one attached hydrogen (secondary N) is 1. The Hall–Kier alpha value is -2.44. The van der Waals surface area contributed by atoms with Crippen molar-refractivity contribution in [1.82, 2.24) is 5.32 Å². The first-order chi connectivity index (χ1) is 10.6. The van der Waals surface area contributed by atoms with Gasteiger partial charge in [0.25, 0.3) is 11.8 Å². The number of anilines is 1. The molecule has 22 heavy (non-hydrogen) atoms. The van der Waals surface area contributed by atoms with Crippen LogP contribution in [0, 0.1) is 0 Å². The maximum atomic E-state index is 12.6. The maximum absolute atomic E-state index is 12.6. The fourth-order valence-corrected chi connectivity index (χ4v) is 2.50. The first kappa shape index (κ1) is 14.5. The summed E-state index contributed by atoms with van der Waals surface area (Å²) in [6, 6.07) is 8.30. The normalized spacial score (nSPS) is 17.0. The molecule has 0 saturated carbocycles. The quantitative estimate of drug-likeness (QED) is 0.522. The Balaban J connectivity index is 2.03. The molecule has 1 fully saturated rings. The van der Waals surface area contributed by atoms with E-state index in [9.17, 15) is 9.59 Å². The highest BCUT2D eigenvalue weighted by Gasteiger charge is 2.34. The van der Waals surface area contributed by atoms with Crippen LogP contribution >= 0.6 is 23.8 Å². The summed E-state index contributed by atoms with van der Waals surface area (Å²) < 4.78 is 4.93. The SMILES string of the molecule is O=C1NC(=S)N(c2cccc(Cl)c2)C(=O)/C1=C\c1ccoc1. The molecule has 0 bridgehead atoms. The van der Waals surface area contributed by atoms with Crippen LogP contribution in [-0.4, -0.2) is 16.9 Å².